The lowest BCUT2D eigenvalue weighted by molar-refractivity contribution is -0.128. The number of aromatic nitrogens is 2. The Labute approximate surface area is 135 Å². The molecular weight excluding hydrogens is 292 g/mol. The number of nitrogens with one attached hydrogen (secondary N) is 1. The Morgan fingerprint density at radius 1 is 1.17 bits per heavy atom. The SMILES string of the molecule is CCc1nc2ccc(C(=O)N3CCCN(C(C)=O)CC3)cc2[nH]1. The van der Waals surface area contributed by atoms with E-state index in [-0.39, 0.29) is 11.8 Å². The molecule has 1 saturated heterocycles. The molecular formula is C17H22N4O2. The summed E-state index contributed by atoms with van der Waals surface area (Å²) < 4.78 is 0. The third-order valence-corrected chi connectivity index (χ3v) is 4.34. The lowest BCUT2D eigenvalue weighted by Crippen LogP contribution is -2.36. The van der Waals surface area contributed by atoms with E-state index in [4.69, 9.17) is 0 Å². The van der Waals surface area contributed by atoms with Gasteiger partial charge in [0, 0.05) is 45.1 Å². The van der Waals surface area contributed by atoms with Crippen LogP contribution in [0.1, 0.15) is 36.5 Å². The largest absolute Gasteiger partial charge is 0.342 e. The Morgan fingerprint density at radius 3 is 2.65 bits per heavy atom. The molecule has 3 rings (SSSR count). The van der Waals surface area contributed by atoms with Crippen LogP contribution in [0.15, 0.2) is 18.2 Å². The Morgan fingerprint density at radius 2 is 1.91 bits per heavy atom. The summed E-state index contributed by atoms with van der Waals surface area (Å²) >= 11 is 0. The molecule has 1 aliphatic heterocycles. The first-order chi connectivity index (χ1) is 11.1. The number of rotatable bonds is 2. The van der Waals surface area contributed by atoms with Gasteiger partial charge in [-0.25, -0.2) is 4.98 Å². The van der Waals surface area contributed by atoms with Crippen LogP contribution in [0.2, 0.25) is 0 Å². The highest BCUT2D eigenvalue weighted by Gasteiger charge is 2.21. The van der Waals surface area contributed by atoms with Crippen LogP contribution < -0.4 is 0 Å². The summed E-state index contributed by atoms with van der Waals surface area (Å²) in [5.41, 5.74) is 2.45. The molecule has 0 radical (unpaired) electrons. The van der Waals surface area contributed by atoms with Gasteiger partial charge in [0.2, 0.25) is 5.91 Å². The molecule has 0 spiro atoms. The van der Waals surface area contributed by atoms with Crippen LogP contribution in [-0.2, 0) is 11.2 Å². The van der Waals surface area contributed by atoms with E-state index in [0.29, 0.717) is 25.2 Å². The zero-order valence-corrected chi connectivity index (χ0v) is 13.6. The average Bonchev–Trinajstić information content (AvgIpc) is 2.80. The monoisotopic (exact) mass is 314 g/mol. The van der Waals surface area contributed by atoms with Gasteiger partial charge in [-0.2, -0.15) is 0 Å². The van der Waals surface area contributed by atoms with Crippen LogP contribution in [0.3, 0.4) is 0 Å². The predicted molar refractivity (Wildman–Crippen MR) is 88.2 cm³/mol. The molecule has 23 heavy (non-hydrogen) atoms. The number of H-pyrrole nitrogens is 1. The van der Waals surface area contributed by atoms with Gasteiger partial charge in [-0.15, -0.1) is 0 Å². The second kappa shape index (κ2) is 6.40. The number of carbonyl (C=O) groups excluding carboxylic acids is 2. The van der Waals surface area contributed by atoms with Gasteiger partial charge in [0.15, 0.2) is 0 Å². The molecule has 122 valence electrons. The number of carbonyl (C=O) groups is 2. The molecule has 0 saturated carbocycles. The number of aromatic amines is 1. The highest BCUT2D eigenvalue weighted by molar-refractivity contribution is 5.97. The number of nitrogens with zero attached hydrogens (tertiary/aromatic N) is 3. The van der Waals surface area contributed by atoms with Crippen LogP contribution >= 0.6 is 0 Å². The minimum absolute atomic E-state index is 0.0185. The fraction of sp³-hybridized carbons (Fsp3) is 0.471. The van der Waals surface area contributed by atoms with Crippen LogP contribution in [0.25, 0.3) is 11.0 Å². The lowest BCUT2D eigenvalue weighted by atomic mass is 10.1. The first-order valence-electron chi connectivity index (χ1n) is 8.12. The van der Waals surface area contributed by atoms with Gasteiger partial charge < -0.3 is 14.8 Å². The Hall–Kier alpha value is -2.37. The van der Waals surface area contributed by atoms with Crippen molar-refractivity contribution in [2.45, 2.75) is 26.7 Å². The number of imidazole rings is 1. The number of hydrogen-bond acceptors (Lipinski definition) is 3. The van der Waals surface area contributed by atoms with E-state index in [1.165, 1.54) is 0 Å². The van der Waals surface area contributed by atoms with E-state index in [9.17, 15) is 9.59 Å². The Balaban J connectivity index is 1.78. The third-order valence-electron chi connectivity index (χ3n) is 4.34. The zero-order chi connectivity index (χ0) is 16.4. The van der Waals surface area contributed by atoms with Crippen LogP contribution in [0.4, 0.5) is 0 Å². The van der Waals surface area contributed by atoms with Gasteiger partial charge in [0.05, 0.1) is 11.0 Å². The minimum Gasteiger partial charge on any atom is -0.342 e. The van der Waals surface area contributed by atoms with Crippen molar-refractivity contribution in [2.24, 2.45) is 0 Å². The van der Waals surface area contributed by atoms with E-state index in [0.717, 1.165) is 36.2 Å². The van der Waals surface area contributed by atoms with Gasteiger partial charge in [0.1, 0.15) is 5.82 Å². The van der Waals surface area contributed by atoms with Crippen molar-refractivity contribution in [3.63, 3.8) is 0 Å². The van der Waals surface area contributed by atoms with Crippen molar-refractivity contribution in [2.75, 3.05) is 26.2 Å². The maximum atomic E-state index is 12.7. The first kappa shape index (κ1) is 15.5. The number of fused-ring (bicyclic) bond motifs is 1. The van der Waals surface area contributed by atoms with Crippen molar-refractivity contribution in [1.82, 2.24) is 19.8 Å². The third kappa shape index (κ3) is 3.21. The molecule has 1 N–H and O–H groups in total. The molecule has 1 aromatic heterocycles. The van der Waals surface area contributed by atoms with Gasteiger partial charge in [0.25, 0.3) is 5.91 Å². The quantitative estimate of drug-likeness (QED) is 0.919. The number of hydrogen-bond donors (Lipinski definition) is 1. The maximum absolute atomic E-state index is 12.7. The second-order valence-corrected chi connectivity index (χ2v) is 5.92. The summed E-state index contributed by atoms with van der Waals surface area (Å²) in [6.45, 7) is 6.21. The van der Waals surface area contributed by atoms with Gasteiger partial charge >= 0.3 is 0 Å². The van der Waals surface area contributed by atoms with E-state index >= 15 is 0 Å². The van der Waals surface area contributed by atoms with Crippen molar-refractivity contribution >= 4 is 22.8 Å². The van der Waals surface area contributed by atoms with Crippen LogP contribution in [0.5, 0.6) is 0 Å². The lowest BCUT2D eigenvalue weighted by Gasteiger charge is -2.21. The number of aryl methyl sites for hydroxylation is 1. The molecule has 0 bridgehead atoms. The molecule has 0 unspecified atom stereocenters. The summed E-state index contributed by atoms with van der Waals surface area (Å²) in [6.07, 6.45) is 1.66. The van der Waals surface area contributed by atoms with Gasteiger partial charge in [-0.1, -0.05) is 6.92 Å². The molecule has 1 fully saturated rings. The topological polar surface area (TPSA) is 69.3 Å². The molecule has 1 aromatic carbocycles. The normalized spacial score (nSPS) is 15.7. The average molecular weight is 314 g/mol. The standard InChI is InChI=1S/C17H22N4O2/c1-3-16-18-14-6-5-13(11-15(14)19-16)17(23)21-8-4-7-20(9-10-21)12(2)22/h5-6,11H,3-4,7-10H2,1-2H3,(H,18,19). The zero-order valence-electron chi connectivity index (χ0n) is 13.6. The van der Waals surface area contributed by atoms with Crippen molar-refractivity contribution in [3.8, 4) is 0 Å². The molecule has 6 nitrogen and oxygen atoms in total. The molecule has 0 atom stereocenters. The van der Waals surface area contributed by atoms with E-state index in [1.807, 2.05) is 30.0 Å². The highest BCUT2D eigenvalue weighted by atomic mass is 16.2. The van der Waals surface area contributed by atoms with Gasteiger partial charge in [-0.3, -0.25) is 9.59 Å². The summed E-state index contributed by atoms with van der Waals surface area (Å²) in [6, 6.07) is 5.59. The molecule has 2 amide bonds. The minimum atomic E-state index is 0.0185. The summed E-state index contributed by atoms with van der Waals surface area (Å²) in [7, 11) is 0. The second-order valence-electron chi connectivity index (χ2n) is 5.92. The summed E-state index contributed by atoms with van der Waals surface area (Å²) in [4.78, 5) is 35.6. The van der Waals surface area contributed by atoms with Crippen LogP contribution in [-0.4, -0.2) is 57.8 Å². The first-order valence-corrected chi connectivity index (χ1v) is 8.12. The van der Waals surface area contributed by atoms with Crippen LogP contribution in [0, 0.1) is 0 Å². The van der Waals surface area contributed by atoms with Gasteiger partial charge in [-0.05, 0) is 24.6 Å². The molecule has 2 aromatic rings. The highest BCUT2D eigenvalue weighted by Crippen LogP contribution is 2.16. The Bertz CT molecular complexity index is 737. The smallest absolute Gasteiger partial charge is 0.253 e. The van der Waals surface area contributed by atoms with Crippen molar-refractivity contribution < 1.29 is 9.59 Å². The fourth-order valence-electron chi connectivity index (χ4n) is 2.98. The van der Waals surface area contributed by atoms with E-state index < -0.39 is 0 Å². The van der Waals surface area contributed by atoms with E-state index in [1.54, 1.807) is 11.8 Å². The van der Waals surface area contributed by atoms with Crippen molar-refractivity contribution in [3.05, 3.63) is 29.6 Å². The Kier molecular flexibility index (Phi) is 4.32. The molecule has 6 heteroatoms. The molecule has 2 heterocycles. The number of benzene rings is 1. The molecule has 1 aliphatic rings. The van der Waals surface area contributed by atoms with Crippen molar-refractivity contribution in [1.29, 1.82) is 0 Å². The fourth-order valence-corrected chi connectivity index (χ4v) is 2.98. The molecule has 0 aliphatic carbocycles. The number of amides is 2. The summed E-state index contributed by atoms with van der Waals surface area (Å²) in [5.74, 6) is 1.02. The van der Waals surface area contributed by atoms with E-state index in [2.05, 4.69) is 9.97 Å². The summed E-state index contributed by atoms with van der Waals surface area (Å²) in [5, 5.41) is 0. The predicted octanol–water partition coefficient (Wildman–Crippen LogP) is 1.82. The maximum Gasteiger partial charge on any atom is 0.253 e.